The molecule has 0 aliphatic heterocycles. The number of alkyl halides is 3. The number of hydrogen-bond acceptors (Lipinski definition) is 4. The van der Waals surface area contributed by atoms with Crippen molar-refractivity contribution >= 4 is 34.9 Å². The molecule has 0 saturated heterocycles. The molecule has 3 N–H and O–H groups in total. The van der Waals surface area contributed by atoms with Crippen LogP contribution in [0.3, 0.4) is 0 Å². The van der Waals surface area contributed by atoms with Crippen LogP contribution < -0.4 is 16.0 Å². The minimum Gasteiger partial charge on any atom is -0.362 e. The number of pyridine rings is 1. The van der Waals surface area contributed by atoms with Crippen LogP contribution in [-0.4, -0.2) is 30.0 Å². The molecule has 2 aromatic carbocycles. The maximum Gasteiger partial charge on any atom is 0.397 e. The van der Waals surface area contributed by atoms with E-state index in [0.29, 0.717) is 11.1 Å². The van der Waals surface area contributed by atoms with E-state index in [1.807, 2.05) is 0 Å². The van der Waals surface area contributed by atoms with E-state index in [2.05, 4.69) is 20.9 Å². The first kappa shape index (κ1) is 26.0. The number of anilines is 2. The first-order valence-electron chi connectivity index (χ1n) is 10.4. The highest BCUT2D eigenvalue weighted by Crippen LogP contribution is 2.33. The van der Waals surface area contributed by atoms with Crippen LogP contribution in [0.4, 0.5) is 29.1 Å². The second-order valence-corrected chi connectivity index (χ2v) is 7.99. The van der Waals surface area contributed by atoms with E-state index in [1.54, 1.807) is 37.3 Å². The van der Waals surface area contributed by atoms with Gasteiger partial charge in [-0.15, -0.1) is 0 Å². The van der Waals surface area contributed by atoms with Crippen LogP contribution in [0.25, 0.3) is 11.1 Å². The van der Waals surface area contributed by atoms with Crippen molar-refractivity contribution in [3.05, 3.63) is 76.7 Å². The largest absolute Gasteiger partial charge is 0.397 e. The molecule has 1 aromatic heterocycles. The van der Waals surface area contributed by atoms with Gasteiger partial charge in [0.25, 0.3) is 5.91 Å². The van der Waals surface area contributed by atoms with E-state index >= 15 is 0 Å². The van der Waals surface area contributed by atoms with Gasteiger partial charge in [-0.05, 0) is 35.7 Å². The second-order valence-electron chi connectivity index (χ2n) is 7.59. The van der Waals surface area contributed by atoms with Gasteiger partial charge in [0.1, 0.15) is 17.9 Å². The number of nitrogens with one attached hydrogen (secondary N) is 3. The number of aromatic nitrogens is 1. The molecule has 0 bridgehead atoms. The van der Waals surface area contributed by atoms with Crippen molar-refractivity contribution in [3.8, 4) is 11.1 Å². The van der Waals surface area contributed by atoms with Gasteiger partial charge >= 0.3 is 6.18 Å². The van der Waals surface area contributed by atoms with E-state index in [0.717, 1.165) is 5.56 Å². The summed E-state index contributed by atoms with van der Waals surface area (Å²) in [6, 6.07) is 12.2. The molecule has 3 aromatic rings. The highest BCUT2D eigenvalue weighted by atomic mass is 35.5. The molecule has 184 valence electrons. The van der Waals surface area contributed by atoms with Crippen LogP contribution in [0.5, 0.6) is 0 Å². The van der Waals surface area contributed by atoms with Crippen molar-refractivity contribution in [1.82, 2.24) is 10.3 Å². The molecular weight excluding hydrogens is 488 g/mol. The zero-order chi connectivity index (χ0) is 25.8. The van der Waals surface area contributed by atoms with E-state index in [-0.39, 0.29) is 22.1 Å². The molecule has 6 nitrogen and oxygen atoms in total. The van der Waals surface area contributed by atoms with Crippen LogP contribution in [0.1, 0.15) is 35.3 Å². The lowest BCUT2D eigenvalue weighted by Crippen LogP contribution is -2.22. The Kier molecular flexibility index (Phi) is 7.96. The second kappa shape index (κ2) is 10.7. The molecule has 0 radical (unpaired) electrons. The third-order valence-electron chi connectivity index (χ3n) is 5.07. The molecule has 1 heterocycles. The van der Waals surface area contributed by atoms with Gasteiger partial charge in [-0.3, -0.25) is 9.59 Å². The standard InChI is InChI=1S/C24H21ClF4N4O2/c1-13(32-22-21(17(25)10-11-31-22)33-19(34)12-24(27,28)29)14-6-8-15(9-7-14)16-4-3-5-18(26)20(16)23(35)30-2/h3-11,13H,12H2,1-2H3,(H,30,35)(H,31,32)(H,33,34). The van der Waals surface area contributed by atoms with Crippen LogP contribution >= 0.6 is 11.6 Å². The summed E-state index contributed by atoms with van der Waals surface area (Å²) >= 11 is 6.09. The first-order valence-corrected chi connectivity index (χ1v) is 10.8. The van der Waals surface area contributed by atoms with Gasteiger partial charge in [0.15, 0.2) is 5.82 Å². The smallest absolute Gasteiger partial charge is 0.362 e. The Morgan fingerprint density at radius 2 is 1.77 bits per heavy atom. The zero-order valence-electron chi connectivity index (χ0n) is 18.6. The number of rotatable bonds is 7. The predicted molar refractivity (Wildman–Crippen MR) is 126 cm³/mol. The van der Waals surface area contributed by atoms with Gasteiger partial charge in [0.2, 0.25) is 5.91 Å². The van der Waals surface area contributed by atoms with Crippen LogP contribution in [0, 0.1) is 5.82 Å². The first-order chi connectivity index (χ1) is 16.5. The van der Waals surface area contributed by atoms with Crippen molar-refractivity contribution < 1.29 is 27.2 Å². The molecule has 0 fully saturated rings. The summed E-state index contributed by atoms with van der Waals surface area (Å²) in [6.45, 7) is 1.77. The molecule has 0 saturated carbocycles. The Labute approximate surface area is 203 Å². The fourth-order valence-corrected chi connectivity index (χ4v) is 3.59. The highest BCUT2D eigenvalue weighted by Gasteiger charge is 2.32. The molecule has 0 aliphatic carbocycles. The monoisotopic (exact) mass is 508 g/mol. The molecule has 3 rings (SSSR count). The Hall–Kier alpha value is -3.66. The summed E-state index contributed by atoms with van der Waals surface area (Å²) in [5.74, 6) is -2.37. The zero-order valence-corrected chi connectivity index (χ0v) is 19.4. The van der Waals surface area contributed by atoms with Gasteiger partial charge < -0.3 is 16.0 Å². The number of hydrogen-bond donors (Lipinski definition) is 3. The van der Waals surface area contributed by atoms with Gasteiger partial charge in [0.05, 0.1) is 16.6 Å². The Morgan fingerprint density at radius 1 is 1.09 bits per heavy atom. The molecule has 0 aliphatic rings. The van der Waals surface area contributed by atoms with Crippen LogP contribution in [0.15, 0.2) is 54.7 Å². The lowest BCUT2D eigenvalue weighted by molar-refractivity contribution is -0.150. The van der Waals surface area contributed by atoms with Crippen molar-refractivity contribution in [2.24, 2.45) is 0 Å². The average Bonchev–Trinajstić information content (AvgIpc) is 2.79. The van der Waals surface area contributed by atoms with E-state index in [1.165, 1.54) is 31.4 Å². The average molecular weight is 509 g/mol. The van der Waals surface area contributed by atoms with Gasteiger partial charge in [-0.25, -0.2) is 9.37 Å². The molecule has 1 unspecified atom stereocenters. The maximum atomic E-state index is 14.3. The van der Waals surface area contributed by atoms with E-state index in [9.17, 15) is 27.2 Å². The number of carbonyl (C=O) groups excluding carboxylic acids is 2. The molecular formula is C24H21ClF4N4O2. The highest BCUT2D eigenvalue weighted by molar-refractivity contribution is 6.34. The molecule has 35 heavy (non-hydrogen) atoms. The number of halogens is 5. The van der Waals surface area contributed by atoms with Gasteiger partial charge in [0, 0.05) is 13.2 Å². The SMILES string of the molecule is CNC(=O)c1c(F)cccc1-c1ccc(C(C)Nc2nccc(Cl)c2NC(=O)CC(F)(F)F)cc1. The lowest BCUT2D eigenvalue weighted by Gasteiger charge is -2.19. The molecule has 1 atom stereocenters. The summed E-state index contributed by atoms with van der Waals surface area (Å²) in [4.78, 5) is 28.0. The Balaban J connectivity index is 1.83. The Bertz CT molecular complexity index is 1230. The van der Waals surface area contributed by atoms with Gasteiger partial charge in [-0.2, -0.15) is 13.2 Å². The van der Waals surface area contributed by atoms with Crippen molar-refractivity contribution in [2.75, 3.05) is 17.7 Å². The molecule has 11 heteroatoms. The predicted octanol–water partition coefficient (Wildman–Crippen LogP) is 5.96. The minimum absolute atomic E-state index is 0.0217. The molecule has 0 spiro atoms. The normalized spacial score (nSPS) is 12.1. The fraction of sp³-hybridized carbons (Fsp3) is 0.208. The number of benzene rings is 2. The molecule has 2 amide bonds. The fourth-order valence-electron chi connectivity index (χ4n) is 3.39. The summed E-state index contributed by atoms with van der Waals surface area (Å²) < 4.78 is 51.9. The maximum absolute atomic E-state index is 14.3. The van der Waals surface area contributed by atoms with Crippen LogP contribution in [-0.2, 0) is 4.79 Å². The minimum atomic E-state index is -4.67. The van der Waals surface area contributed by atoms with E-state index in [4.69, 9.17) is 11.6 Å². The number of carbonyl (C=O) groups is 2. The summed E-state index contributed by atoms with van der Waals surface area (Å²) in [5, 5.41) is 7.64. The number of nitrogens with zero attached hydrogens (tertiary/aromatic N) is 1. The lowest BCUT2D eigenvalue weighted by atomic mass is 9.96. The summed E-state index contributed by atoms with van der Waals surface area (Å²) in [5.41, 5.74) is 1.64. The summed E-state index contributed by atoms with van der Waals surface area (Å²) in [6.07, 6.45) is -4.97. The van der Waals surface area contributed by atoms with Crippen molar-refractivity contribution in [2.45, 2.75) is 25.6 Å². The van der Waals surface area contributed by atoms with Crippen molar-refractivity contribution in [1.29, 1.82) is 0 Å². The Morgan fingerprint density at radius 3 is 2.40 bits per heavy atom. The quantitative estimate of drug-likeness (QED) is 0.344. The van der Waals surface area contributed by atoms with Gasteiger partial charge in [-0.1, -0.05) is 48.0 Å². The van der Waals surface area contributed by atoms with E-state index < -0.39 is 36.3 Å². The van der Waals surface area contributed by atoms with Crippen molar-refractivity contribution in [3.63, 3.8) is 0 Å². The summed E-state index contributed by atoms with van der Waals surface area (Å²) in [7, 11) is 1.42. The number of amides is 2. The third kappa shape index (κ3) is 6.48. The topological polar surface area (TPSA) is 83.1 Å². The van der Waals surface area contributed by atoms with Crippen LogP contribution in [0.2, 0.25) is 5.02 Å². The third-order valence-corrected chi connectivity index (χ3v) is 5.38.